The van der Waals surface area contributed by atoms with Gasteiger partial charge in [-0.3, -0.25) is 4.79 Å². The first-order chi connectivity index (χ1) is 11.6. The Morgan fingerprint density at radius 3 is 2.46 bits per heavy atom. The molecular formula is C18H16Cl2N2OS. The number of carbonyl (C=O) groups excluding carboxylic acids is 1. The maximum absolute atomic E-state index is 12.6. The van der Waals surface area contributed by atoms with Crippen LogP contribution in [-0.4, -0.2) is 5.91 Å². The fraction of sp³-hybridized carbons (Fsp3) is 0.333. The molecule has 1 aliphatic carbocycles. The van der Waals surface area contributed by atoms with Crippen LogP contribution in [0.4, 0.5) is 5.00 Å². The Hall–Kier alpha value is -1.54. The van der Waals surface area contributed by atoms with Gasteiger partial charge in [0.25, 0.3) is 5.91 Å². The van der Waals surface area contributed by atoms with E-state index >= 15 is 0 Å². The van der Waals surface area contributed by atoms with E-state index < -0.39 is 0 Å². The van der Waals surface area contributed by atoms with Crippen LogP contribution in [0, 0.1) is 11.3 Å². The molecule has 124 valence electrons. The van der Waals surface area contributed by atoms with Gasteiger partial charge in [0.1, 0.15) is 11.1 Å². The molecule has 0 aliphatic heterocycles. The summed E-state index contributed by atoms with van der Waals surface area (Å²) in [5.41, 5.74) is 1.93. The van der Waals surface area contributed by atoms with Gasteiger partial charge in [-0.05, 0) is 43.4 Å². The predicted molar refractivity (Wildman–Crippen MR) is 99.3 cm³/mol. The molecule has 0 fully saturated rings. The number of halogens is 2. The number of amides is 1. The molecule has 2 aromatic rings. The van der Waals surface area contributed by atoms with Crippen molar-refractivity contribution < 1.29 is 4.79 Å². The average molecular weight is 379 g/mol. The van der Waals surface area contributed by atoms with Gasteiger partial charge < -0.3 is 5.32 Å². The second-order valence-electron chi connectivity index (χ2n) is 5.78. The summed E-state index contributed by atoms with van der Waals surface area (Å²) >= 11 is 13.7. The molecule has 24 heavy (non-hydrogen) atoms. The number of hydrogen-bond donors (Lipinski definition) is 1. The maximum atomic E-state index is 12.6. The van der Waals surface area contributed by atoms with Crippen molar-refractivity contribution in [2.75, 3.05) is 5.32 Å². The minimum atomic E-state index is -0.378. The van der Waals surface area contributed by atoms with Gasteiger partial charge in [-0.2, -0.15) is 5.26 Å². The summed E-state index contributed by atoms with van der Waals surface area (Å²) in [7, 11) is 0. The smallest absolute Gasteiger partial charge is 0.259 e. The fourth-order valence-electron chi connectivity index (χ4n) is 3.01. The van der Waals surface area contributed by atoms with E-state index in [0.717, 1.165) is 31.2 Å². The number of fused-ring (bicyclic) bond motifs is 1. The quantitative estimate of drug-likeness (QED) is 0.713. The van der Waals surface area contributed by atoms with Crippen molar-refractivity contribution in [3.63, 3.8) is 0 Å². The van der Waals surface area contributed by atoms with Crippen molar-refractivity contribution in [2.24, 2.45) is 0 Å². The Kier molecular flexibility index (Phi) is 5.45. The highest BCUT2D eigenvalue weighted by Gasteiger charge is 2.22. The lowest BCUT2D eigenvalue weighted by atomic mass is 9.97. The minimum Gasteiger partial charge on any atom is -0.312 e. The van der Waals surface area contributed by atoms with Gasteiger partial charge >= 0.3 is 0 Å². The van der Waals surface area contributed by atoms with Gasteiger partial charge in [0.15, 0.2) is 0 Å². The zero-order valence-electron chi connectivity index (χ0n) is 13.0. The number of nitrogens with one attached hydrogen (secondary N) is 1. The number of thiophene rings is 1. The molecule has 0 saturated heterocycles. The molecule has 0 atom stereocenters. The van der Waals surface area contributed by atoms with E-state index in [4.69, 9.17) is 23.2 Å². The normalized spacial score (nSPS) is 14.2. The third kappa shape index (κ3) is 3.44. The first kappa shape index (κ1) is 17.3. The van der Waals surface area contributed by atoms with Gasteiger partial charge in [-0.15, -0.1) is 11.3 Å². The second kappa shape index (κ2) is 7.57. The zero-order valence-corrected chi connectivity index (χ0v) is 15.3. The standard InChI is InChI=1S/C18H16Cl2N2OS/c19-13-7-5-8-14(20)16(13)17(23)22-18-12(10-21)11-6-3-1-2-4-9-15(11)24-18/h5,7-8H,1-4,6,9H2,(H,22,23). The van der Waals surface area contributed by atoms with E-state index in [0.29, 0.717) is 20.6 Å². The molecule has 1 heterocycles. The van der Waals surface area contributed by atoms with E-state index in [1.54, 1.807) is 18.2 Å². The van der Waals surface area contributed by atoms with Gasteiger partial charge in [-0.25, -0.2) is 0 Å². The molecule has 1 aromatic carbocycles. The average Bonchev–Trinajstić information content (AvgIpc) is 2.83. The molecular weight excluding hydrogens is 363 g/mol. The number of benzene rings is 1. The summed E-state index contributed by atoms with van der Waals surface area (Å²) in [5.74, 6) is -0.378. The highest BCUT2D eigenvalue weighted by atomic mass is 35.5. The van der Waals surface area contributed by atoms with Crippen LogP contribution in [0.15, 0.2) is 18.2 Å². The SMILES string of the molecule is N#Cc1c(NC(=O)c2c(Cl)cccc2Cl)sc2c1CCCCCC2. The van der Waals surface area contributed by atoms with Crippen LogP contribution in [-0.2, 0) is 12.8 Å². The van der Waals surface area contributed by atoms with Crippen molar-refractivity contribution in [2.45, 2.75) is 38.5 Å². The van der Waals surface area contributed by atoms with Gasteiger partial charge in [0.2, 0.25) is 0 Å². The Labute approximate surface area is 155 Å². The fourth-order valence-corrected chi connectivity index (χ4v) is 4.81. The van der Waals surface area contributed by atoms with Crippen molar-refractivity contribution in [3.05, 3.63) is 49.8 Å². The van der Waals surface area contributed by atoms with E-state index in [-0.39, 0.29) is 11.5 Å². The third-order valence-corrected chi connectivity index (χ3v) is 6.04. The molecule has 0 radical (unpaired) electrons. The minimum absolute atomic E-state index is 0.241. The van der Waals surface area contributed by atoms with Crippen LogP contribution in [0.5, 0.6) is 0 Å². The third-order valence-electron chi connectivity index (χ3n) is 4.20. The summed E-state index contributed by atoms with van der Waals surface area (Å²) in [6, 6.07) is 7.21. The molecule has 0 bridgehead atoms. The van der Waals surface area contributed by atoms with Crippen molar-refractivity contribution in [1.29, 1.82) is 5.26 Å². The molecule has 1 aromatic heterocycles. The Morgan fingerprint density at radius 2 is 1.79 bits per heavy atom. The van der Waals surface area contributed by atoms with Gasteiger partial charge in [-0.1, -0.05) is 42.1 Å². The van der Waals surface area contributed by atoms with Crippen LogP contribution in [0.25, 0.3) is 0 Å². The molecule has 6 heteroatoms. The van der Waals surface area contributed by atoms with Crippen molar-refractivity contribution in [1.82, 2.24) is 0 Å². The van der Waals surface area contributed by atoms with E-state index in [1.165, 1.54) is 29.1 Å². The number of aryl methyl sites for hydroxylation is 1. The van der Waals surface area contributed by atoms with E-state index in [2.05, 4.69) is 11.4 Å². The monoisotopic (exact) mass is 378 g/mol. The largest absolute Gasteiger partial charge is 0.312 e. The van der Waals surface area contributed by atoms with Crippen molar-refractivity contribution >= 4 is 45.4 Å². The Bertz CT molecular complexity index is 803. The van der Waals surface area contributed by atoms with E-state index in [9.17, 15) is 10.1 Å². The van der Waals surface area contributed by atoms with Crippen molar-refractivity contribution in [3.8, 4) is 6.07 Å². The Morgan fingerprint density at radius 1 is 1.12 bits per heavy atom. The first-order valence-corrected chi connectivity index (χ1v) is 9.49. The van der Waals surface area contributed by atoms with Gasteiger partial charge in [0, 0.05) is 4.88 Å². The highest BCUT2D eigenvalue weighted by molar-refractivity contribution is 7.16. The summed E-state index contributed by atoms with van der Waals surface area (Å²) in [6.07, 6.45) is 6.49. The Balaban J connectivity index is 1.94. The predicted octanol–water partition coefficient (Wildman–Crippen LogP) is 5.84. The second-order valence-corrected chi connectivity index (χ2v) is 7.70. The van der Waals surface area contributed by atoms with Crippen LogP contribution in [0.3, 0.4) is 0 Å². The summed E-state index contributed by atoms with van der Waals surface area (Å²) < 4.78 is 0. The highest BCUT2D eigenvalue weighted by Crippen LogP contribution is 2.37. The topological polar surface area (TPSA) is 52.9 Å². The summed E-state index contributed by atoms with van der Waals surface area (Å²) in [6.45, 7) is 0. The lowest BCUT2D eigenvalue weighted by Gasteiger charge is -2.09. The molecule has 1 amide bonds. The molecule has 1 aliphatic rings. The zero-order chi connectivity index (χ0) is 17.1. The molecule has 0 saturated carbocycles. The number of nitrogens with zero attached hydrogens (tertiary/aromatic N) is 1. The van der Waals surface area contributed by atoms with E-state index in [1.807, 2.05) is 0 Å². The molecule has 0 spiro atoms. The molecule has 3 rings (SSSR count). The first-order valence-electron chi connectivity index (χ1n) is 7.92. The number of rotatable bonds is 2. The number of anilines is 1. The van der Waals surface area contributed by atoms with Gasteiger partial charge in [0.05, 0.1) is 21.2 Å². The number of carbonyl (C=O) groups is 1. The van der Waals surface area contributed by atoms with Crippen LogP contribution in [0.2, 0.25) is 10.0 Å². The lowest BCUT2D eigenvalue weighted by Crippen LogP contribution is -2.13. The summed E-state index contributed by atoms with van der Waals surface area (Å²) in [5, 5.41) is 13.6. The van der Waals surface area contributed by atoms with Crippen LogP contribution >= 0.6 is 34.5 Å². The molecule has 0 unspecified atom stereocenters. The lowest BCUT2D eigenvalue weighted by molar-refractivity contribution is 0.102. The number of hydrogen-bond acceptors (Lipinski definition) is 3. The summed E-state index contributed by atoms with van der Waals surface area (Å²) in [4.78, 5) is 13.8. The van der Waals surface area contributed by atoms with Crippen LogP contribution < -0.4 is 5.32 Å². The molecule has 3 nitrogen and oxygen atoms in total. The number of nitriles is 1. The van der Waals surface area contributed by atoms with Crippen LogP contribution in [0.1, 0.15) is 52.0 Å². The molecule has 1 N–H and O–H groups in total. The maximum Gasteiger partial charge on any atom is 0.259 e.